The standard InChI is InChI=1S/C13H10O10/c1-4-2-3-5(10(16)17)6-9(4)21-12(19)7(14)8(15)13(20)23-22-11(6)18/h2-3,7-8,14-15H,1H3,(H,16,17). The van der Waals surface area contributed by atoms with Gasteiger partial charge in [0.25, 0.3) is 0 Å². The smallest absolute Gasteiger partial charge is 0.390 e. The molecule has 0 fully saturated rings. The number of fused-ring (bicyclic) bond motifs is 1. The fraction of sp³-hybridized carbons (Fsp3) is 0.231. The van der Waals surface area contributed by atoms with Gasteiger partial charge in [-0.2, -0.15) is 0 Å². The Morgan fingerprint density at radius 1 is 1.04 bits per heavy atom. The first-order chi connectivity index (χ1) is 10.7. The van der Waals surface area contributed by atoms with E-state index in [0.717, 1.165) is 6.07 Å². The number of hydrogen-bond donors (Lipinski definition) is 3. The van der Waals surface area contributed by atoms with Gasteiger partial charge in [-0.05, 0) is 18.6 Å². The van der Waals surface area contributed by atoms with E-state index in [1.807, 2.05) is 0 Å². The monoisotopic (exact) mass is 326 g/mol. The lowest BCUT2D eigenvalue weighted by molar-refractivity contribution is -0.246. The minimum absolute atomic E-state index is 0.170. The molecule has 1 aromatic rings. The first kappa shape index (κ1) is 16.4. The number of rotatable bonds is 1. The molecule has 1 aromatic carbocycles. The van der Waals surface area contributed by atoms with E-state index >= 15 is 0 Å². The van der Waals surface area contributed by atoms with Crippen molar-refractivity contribution in [2.24, 2.45) is 0 Å². The maximum Gasteiger partial charge on any atom is 0.390 e. The molecule has 10 nitrogen and oxygen atoms in total. The summed E-state index contributed by atoms with van der Waals surface area (Å²) in [5.74, 6) is -6.56. The number of carbonyl (C=O) groups is 4. The van der Waals surface area contributed by atoms with Crippen molar-refractivity contribution in [3.05, 3.63) is 28.8 Å². The van der Waals surface area contributed by atoms with Gasteiger partial charge in [-0.3, -0.25) is 0 Å². The highest BCUT2D eigenvalue weighted by Gasteiger charge is 2.38. The minimum atomic E-state index is -2.35. The molecule has 2 unspecified atom stereocenters. The molecule has 0 aliphatic carbocycles. The van der Waals surface area contributed by atoms with E-state index in [1.165, 1.54) is 13.0 Å². The second-order valence-corrected chi connectivity index (χ2v) is 4.52. The van der Waals surface area contributed by atoms with Gasteiger partial charge in [-0.15, -0.1) is 0 Å². The lowest BCUT2D eigenvalue weighted by Crippen LogP contribution is -2.43. The SMILES string of the molecule is Cc1ccc(C(=O)O)c2c1OC(=O)C(O)C(O)C(=O)OOC2=O. The Balaban J connectivity index is 2.64. The van der Waals surface area contributed by atoms with Crippen LogP contribution in [-0.2, 0) is 19.4 Å². The van der Waals surface area contributed by atoms with Crippen molar-refractivity contribution in [2.45, 2.75) is 19.1 Å². The van der Waals surface area contributed by atoms with Gasteiger partial charge in [0.2, 0.25) is 0 Å². The zero-order chi connectivity index (χ0) is 17.3. The Kier molecular flexibility index (Phi) is 4.29. The molecular formula is C13H10O10. The Morgan fingerprint density at radius 2 is 1.65 bits per heavy atom. The summed E-state index contributed by atoms with van der Waals surface area (Å²) in [6, 6.07) is 2.31. The molecule has 1 aliphatic heterocycles. The van der Waals surface area contributed by atoms with Crippen LogP contribution < -0.4 is 4.74 Å². The Labute approximate surface area is 127 Å². The summed E-state index contributed by atoms with van der Waals surface area (Å²) in [4.78, 5) is 54.3. The van der Waals surface area contributed by atoms with Crippen LogP contribution in [0.15, 0.2) is 12.1 Å². The molecule has 10 heteroatoms. The third kappa shape index (κ3) is 2.98. The first-order valence-electron chi connectivity index (χ1n) is 6.11. The van der Waals surface area contributed by atoms with E-state index < -0.39 is 53.0 Å². The fourth-order valence-corrected chi connectivity index (χ4v) is 1.79. The number of carbonyl (C=O) groups excluding carboxylic acids is 3. The molecule has 23 heavy (non-hydrogen) atoms. The highest BCUT2D eigenvalue weighted by atomic mass is 17.2. The molecule has 2 atom stereocenters. The number of carboxylic acids is 1. The van der Waals surface area contributed by atoms with Gasteiger partial charge < -0.3 is 20.1 Å². The van der Waals surface area contributed by atoms with Gasteiger partial charge in [0.05, 0.1) is 5.56 Å². The van der Waals surface area contributed by atoms with E-state index in [2.05, 4.69) is 9.78 Å². The number of esters is 1. The van der Waals surface area contributed by atoms with Crippen molar-refractivity contribution in [2.75, 3.05) is 0 Å². The van der Waals surface area contributed by atoms with Crippen molar-refractivity contribution in [1.82, 2.24) is 0 Å². The van der Waals surface area contributed by atoms with Crippen LogP contribution in [0, 0.1) is 6.92 Å². The third-order valence-corrected chi connectivity index (χ3v) is 2.97. The molecule has 0 saturated carbocycles. The number of aliphatic hydroxyl groups is 2. The second-order valence-electron chi connectivity index (χ2n) is 4.52. The second kappa shape index (κ2) is 6.02. The van der Waals surface area contributed by atoms with Crippen molar-refractivity contribution in [3.8, 4) is 5.75 Å². The summed E-state index contributed by atoms with van der Waals surface area (Å²) in [5, 5.41) is 28.0. The predicted octanol–water partition coefficient (Wildman–Crippen LogP) is -1.05. The third-order valence-electron chi connectivity index (χ3n) is 2.97. The van der Waals surface area contributed by atoms with Crippen LogP contribution in [0.25, 0.3) is 0 Å². The molecule has 1 heterocycles. The number of carboxylic acid groups (broad SMARTS) is 1. The van der Waals surface area contributed by atoms with E-state index in [4.69, 9.17) is 9.84 Å². The molecule has 0 aromatic heterocycles. The summed E-state index contributed by atoms with van der Waals surface area (Å²) in [6.45, 7) is 1.39. The zero-order valence-electron chi connectivity index (χ0n) is 11.5. The lowest BCUT2D eigenvalue weighted by Gasteiger charge is -2.19. The van der Waals surface area contributed by atoms with Crippen molar-refractivity contribution < 1.29 is 49.0 Å². The summed E-state index contributed by atoms with van der Waals surface area (Å²) in [5.41, 5.74) is -1.08. The average Bonchev–Trinajstić information content (AvgIpc) is 2.51. The molecule has 1 aliphatic rings. The molecule has 0 saturated heterocycles. The first-order valence-corrected chi connectivity index (χ1v) is 6.11. The van der Waals surface area contributed by atoms with Gasteiger partial charge in [-0.25, -0.2) is 29.0 Å². The Morgan fingerprint density at radius 3 is 2.26 bits per heavy atom. The summed E-state index contributed by atoms with van der Waals surface area (Å²) in [6.07, 6.45) is -4.67. The van der Waals surface area contributed by atoms with Crippen molar-refractivity contribution in [1.29, 1.82) is 0 Å². The normalized spacial score (nSPS) is 21.6. The van der Waals surface area contributed by atoms with Crippen LogP contribution in [-0.4, -0.2) is 51.4 Å². The van der Waals surface area contributed by atoms with Gasteiger partial charge in [0, 0.05) is 0 Å². The highest BCUT2D eigenvalue weighted by Crippen LogP contribution is 2.29. The number of aryl methyl sites for hydroxylation is 1. The summed E-state index contributed by atoms with van der Waals surface area (Å²) in [7, 11) is 0. The quantitative estimate of drug-likeness (QED) is 0.330. The minimum Gasteiger partial charge on any atom is -0.478 e. The molecule has 2 rings (SSSR count). The molecule has 0 radical (unpaired) electrons. The summed E-state index contributed by atoms with van der Waals surface area (Å²) < 4.78 is 4.77. The fourth-order valence-electron chi connectivity index (χ4n) is 1.79. The predicted molar refractivity (Wildman–Crippen MR) is 67.3 cm³/mol. The van der Waals surface area contributed by atoms with Gasteiger partial charge >= 0.3 is 23.9 Å². The van der Waals surface area contributed by atoms with Crippen LogP contribution in [0.4, 0.5) is 0 Å². The molecular weight excluding hydrogens is 316 g/mol. The molecule has 0 amide bonds. The Hall–Kier alpha value is -2.98. The van der Waals surface area contributed by atoms with Gasteiger partial charge in [0.15, 0.2) is 12.2 Å². The summed E-state index contributed by atoms with van der Waals surface area (Å²) >= 11 is 0. The lowest BCUT2D eigenvalue weighted by atomic mass is 10.0. The highest BCUT2D eigenvalue weighted by molar-refractivity contribution is 6.05. The molecule has 0 spiro atoms. The van der Waals surface area contributed by atoms with Crippen molar-refractivity contribution >= 4 is 23.9 Å². The number of ether oxygens (including phenoxy) is 1. The number of hydrogen-bond acceptors (Lipinski definition) is 9. The van der Waals surface area contributed by atoms with Crippen LogP contribution in [0.1, 0.15) is 26.3 Å². The maximum atomic E-state index is 11.9. The number of aliphatic hydroxyl groups excluding tert-OH is 2. The number of benzene rings is 1. The van der Waals surface area contributed by atoms with Crippen LogP contribution >= 0.6 is 0 Å². The topological polar surface area (TPSA) is 157 Å². The van der Waals surface area contributed by atoms with Crippen molar-refractivity contribution in [3.63, 3.8) is 0 Å². The average molecular weight is 326 g/mol. The van der Waals surface area contributed by atoms with Crippen LogP contribution in [0.2, 0.25) is 0 Å². The zero-order valence-corrected chi connectivity index (χ0v) is 11.5. The largest absolute Gasteiger partial charge is 0.478 e. The van der Waals surface area contributed by atoms with Gasteiger partial charge in [-0.1, -0.05) is 6.07 Å². The van der Waals surface area contributed by atoms with E-state index in [9.17, 15) is 29.4 Å². The molecule has 122 valence electrons. The van der Waals surface area contributed by atoms with Gasteiger partial charge in [0.1, 0.15) is 11.3 Å². The van der Waals surface area contributed by atoms with E-state index in [0.29, 0.717) is 0 Å². The van der Waals surface area contributed by atoms with E-state index in [-0.39, 0.29) is 5.56 Å². The molecule has 3 N–H and O–H groups in total. The molecule has 0 bridgehead atoms. The van der Waals surface area contributed by atoms with Crippen LogP contribution in [0.5, 0.6) is 5.75 Å². The maximum absolute atomic E-state index is 11.9. The number of aromatic carboxylic acids is 1. The van der Waals surface area contributed by atoms with E-state index in [1.54, 1.807) is 0 Å². The Bertz CT molecular complexity index is 707. The van der Waals surface area contributed by atoms with Crippen LogP contribution in [0.3, 0.4) is 0 Å².